The summed E-state index contributed by atoms with van der Waals surface area (Å²) in [7, 11) is 0. The van der Waals surface area contributed by atoms with E-state index in [1.54, 1.807) is 0 Å². The highest BCUT2D eigenvalue weighted by Gasteiger charge is 2.02. The molecule has 0 unspecified atom stereocenters. The van der Waals surface area contributed by atoms with Crippen LogP contribution in [0.3, 0.4) is 0 Å². The van der Waals surface area contributed by atoms with Gasteiger partial charge in [0, 0.05) is 13.1 Å². The molecule has 0 bridgehead atoms. The van der Waals surface area contributed by atoms with E-state index in [1.165, 1.54) is 0 Å². The van der Waals surface area contributed by atoms with Crippen LogP contribution < -0.4 is 50.8 Å². The zero-order chi connectivity index (χ0) is 23.4. The minimum absolute atomic E-state index is 0.0417. The van der Waals surface area contributed by atoms with Crippen LogP contribution >= 0.6 is 0 Å². The van der Waals surface area contributed by atoms with E-state index in [9.17, 15) is 0 Å². The molecule has 0 fully saturated rings. The molecule has 18 nitrogen and oxygen atoms in total. The fraction of sp³-hybridized carbons (Fsp3) is 0.154. The van der Waals surface area contributed by atoms with E-state index >= 15 is 0 Å². The molecule has 31 heavy (non-hydrogen) atoms. The first-order valence-corrected chi connectivity index (χ1v) is 8.25. The average Bonchev–Trinajstić information content (AvgIpc) is 2.65. The lowest BCUT2D eigenvalue weighted by Crippen LogP contribution is -2.18. The lowest BCUT2D eigenvalue weighted by molar-refractivity contribution is 0.977. The molecule has 0 saturated carbocycles. The van der Waals surface area contributed by atoms with Gasteiger partial charge in [0.25, 0.3) is 0 Å². The number of hydrogen-bond donors (Lipinski definition) is 9. The van der Waals surface area contributed by atoms with Crippen LogP contribution in [0.15, 0.2) is 13.2 Å². The van der Waals surface area contributed by atoms with Gasteiger partial charge in [-0.25, -0.2) is 0 Å². The summed E-state index contributed by atoms with van der Waals surface area (Å²) in [6.07, 6.45) is 0. The molecule has 18 heteroatoms. The minimum Gasteiger partial charge on any atom is -0.368 e. The molecule has 3 aromatic rings. The first-order valence-electron chi connectivity index (χ1n) is 8.25. The molecule has 166 valence electrons. The topological polar surface area (TPSA) is 322 Å². The van der Waals surface area contributed by atoms with E-state index in [1.807, 2.05) is 0 Å². The van der Waals surface area contributed by atoms with Crippen molar-refractivity contribution in [2.75, 3.05) is 63.9 Å². The van der Waals surface area contributed by atoms with Gasteiger partial charge in [0.15, 0.2) is 0 Å². The van der Waals surface area contributed by atoms with Gasteiger partial charge in [0.2, 0.25) is 53.5 Å². The Labute approximate surface area is 176 Å². The van der Waals surface area contributed by atoms with Crippen molar-refractivity contribution in [3.05, 3.63) is 13.2 Å². The molecule has 0 radical (unpaired) electrons. The van der Waals surface area contributed by atoms with E-state index in [0.29, 0.717) is 13.1 Å². The van der Waals surface area contributed by atoms with E-state index in [4.69, 9.17) is 40.1 Å². The van der Waals surface area contributed by atoms with Gasteiger partial charge >= 0.3 is 0 Å². The first kappa shape index (κ1) is 24.0. The van der Waals surface area contributed by atoms with Crippen LogP contribution in [-0.4, -0.2) is 57.9 Å². The Kier molecular flexibility index (Phi) is 9.09. The lowest BCUT2D eigenvalue weighted by atomic mass is 10.6. The Hall–Kier alpha value is -5.03. The minimum atomic E-state index is 0.0417. The van der Waals surface area contributed by atoms with Crippen LogP contribution in [0.1, 0.15) is 0 Å². The van der Waals surface area contributed by atoms with Crippen molar-refractivity contribution in [1.29, 1.82) is 0 Å². The van der Waals surface area contributed by atoms with Crippen LogP contribution in [0.25, 0.3) is 0 Å². The molecular formula is C13H24N18. The number of nitrogen functional groups attached to an aromatic ring is 7. The van der Waals surface area contributed by atoms with Crippen molar-refractivity contribution in [3.63, 3.8) is 0 Å². The molecule has 0 spiro atoms. The zero-order valence-electron chi connectivity index (χ0n) is 16.4. The second-order valence-corrected chi connectivity index (χ2v) is 5.01. The highest BCUT2D eigenvalue weighted by atomic mass is 15.2. The van der Waals surface area contributed by atoms with E-state index in [0.717, 1.165) is 0 Å². The Bertz CT molecular complexity index is 832. The maximum absolute atomic E-state index is 5.44. The third-order valence-corrected chi connectivity index (χ3v) is 2.72. The monoisotopic (exact) mass is 432 g/mol. The van der Waals surface area contributed by atoms with Gasteiger partial charge in [-0.2, -0.15) is 44.9 Å². The maximum Gasteiger partial charge on any atom is 0.229 e. The van der Waals surface area contributed by atoms with Gasteiger partial charge in [0.1, 0.15) is 0 Å². The largest absolute Gasteiger partial charge is 0.368 e. The Morgan fingerprint density at radius 1 is 0.419 bits per heavy atom. The van der Waals surface area contributed by atoms with Crippen molar-refractivity contribution in [2.45, 2.75) is 0 Å². The fourth-order valence-electron chi connectivity index (χ4n) is 1.75. The molecule has 0 amide bonds. The number of nitrogens with two attached hydrogens (primary N) is 7. The Morgan fingerprint density at radius 3 is 0.839 bits per heavy atom. The fourth-order valence-corrected chi connectivity index (χ4v) is 1.75. The molecule has 0 aliphatic rings. The summed E-state index contributed by atoms with van der Waals surface area (Å²) in [4.78, 5) is 33.2. The van der Waals surface area contributed by atoms with Crippen molar-refractivity contribution in [3.8, 4) is 0 Å². The summed E-state index contributed by atoms with van der Waals surface area (Å²) >= 11 is 0. The molecule has 3 aromatic heterocycles. The molecule has 0 atom stereocenters. The third kappa shape index (κ3) is 9.14. The van der Waals surface area contributed by atoms with Gasteiger partial charge in [-0.05, 0) is 0 Å². The van der Waals surface area contributed by atoms with E-state index < -0.39 is 0 Å². The zero-order valence-corrected chi connectivity index (χ0v) is 16.4. The van der Waals surface area contributed by atoms with Crippen molar-refractivity contribution in [1.82, 2.24) is 44.9 Å². The average molecular weight is 432 g/mol. The second-order valence-electron chi connectivity index (χ2n) is 5.01. The van der Waals surface area contributed by atoms with Gasteiger partial charge in [-0.3, -0.25) is 0 Å². The van der Waals surface area contributed by atoms with Crippen LogP contribution in [0, 0.1) is 0 Å². The number of nitrogens with zero attached hydrogens (tertiary/aromatic N) is 9. The second kappa shape index (κ2) is 11.7. The Morgan fingerprint density at radius 2 is 0.613 bits per heavy atom. The third-order valence-electron chi connectivity index (χ3n) is 2.72. The molecule has 3 rings (SSSR count). The summed E-state index contributed by atoms with van der Waals surface area (Å²) in [6, 6.07) is 0. The number of nitrogens with one attached hydrogen (secondary N) is 2. The van der Waals surface area contributed by atoms with Gasteiger partial charge in [-0.1, -0.05) is 0 Å². The molecule has 0 aliphatic carbocycles. The summed E-state index contributed by atoms with van der Waals surface area (Å²) in [5.41, 5.74) is 37.2. The van der Waals surface area contributed by atoms with Crippen LogP contribution in [0.2, 0.25) is 0 Å². The summed E-state index contributed by atoms with van der Waals surface area (Å²) in [6.45, 7) is 6.93. The van der Waals surface area contributed by atoms with Crippen LogP contribution in [0.4, 0.5) is 53.5 Å². The standard InChI is InChI=1S/C8H14N12.C3H6N6.C2H4/c9-3-15-4(10)18-7(17-3)13-1-2-14-8-19-5(11)16-6(12)20-8;4-1-7-2(5)9-3(6)8-1;1-2/h1-2H2,(H5,9,10,13,15,17,18)(H5,11,12,14,16,19,20);(H6,4,5,6,7,8,9);1-2H2. The highest BCUT2D eigenvalue weighted by Crippen LogP contribution is 2.04. The van der Waals surface area contributed by atoms with Crippen molar-refractivity contribution in [2.24, 2.45) is 0 Å². The number of anilines is 9. The van der Waals surface area contributed by atoms with Crippen molar-refractivity contribution >= 4 is 53.5 Å². The number of hydrogen-bond acceptors (Lipinski definition) is 18. The number of aromatic nitrogens is 9. The molecule has 0 aliphatic heterocycles. The normalized spacial score (nSPS) is 9.42. The van der Waals surface area contributed by atoms with Gasteiger partial charge in [-0.15, -0.1) is 13.2 Å². The predicted octanol–water partition coefficient (Wildman–Crippen LogP) is -2.67. The summed E-state index contributed by atoms with van der Waals surface area (Å²) in [5.74, 6) is 0.881. The van der Waals surface area contributed by atoms with E-state index in [-0.39, 0.29) is 53.5 Å². The molecular weight excluding hydrogens is 408 g/mol. The SMILES string of the molecule is C=C.Nc1nc(N)nc(N)n1.Nc1nc(N)nc(NCCNc2nc(N)nc(N)n2)n1. The van der Waals surface area contributed by atoms with Crippen LogP contribution in [-0.2, 0) is 0 Å². The predicted molar refractivity (Wildman–Crippen MR) is 119 cm³/mol. The number of rotatable bonds is 5. The lowest BCUT2D eigenvalue weighted by Gasteiger charge is -2.07. The highest BCUT2D eigenvalue weighted by molar-refractivity contribution is 5.39. The summed E-state index contributed by atoms with van der Waals surface area (Å²) in [5, 5.41) is 5.81. The Balaban J connectivity index is 0.000000365. The van der Waals surface area contributed by atoms with Gasteiger partial charge < -0.3 is 50.8 Å². The molecule has 16 N–H and O–H groups in total. The molecule has 3 heterocycles. The summed E-state index contributed by atoms with van der Waals surface area (Å²) < 4.78 is 0. The van der Waals surface area contributed by atoms with Crippen LogP contribution in [0.5, 0.6) is 0 Å². The molecule has 0 aromatic carbocycles. The quantitative estimate of drug-likeness (QED) is 0.146. The molecule has 0 saturated heterocycles. The van der Waals surface area contributed by atoms with Gasteiger partial charge in [0.05, 0.1) is 0 Å². The maximum atomic E-state index is 5.44. The first-order chi connectivity index (χ1) is 14.7. The van der Waals surface area contributed by atoms with Crippen molar-refractivity contribution < 1.29 is 0 Å². The smallest absolute Gasteiger partial charge is 0.229 e. The van der Waals surface area contributed by atoms with E-state index in [2.05, 4.69) is 68.6 Å².